The number of nitrogens with zero attached hydrogens (tertiary/aromatic N) is 2. The van der Waals surface area contributed by atoms with Gasteiger partial charge in [0, 0.05) is 12.4 Å². The van der Waals surface area contributed by atoms with Gasteiger partial charge in [-0.1, -0.05) is 30.3 Å². The molecule has 1 N–H and O–H groups in total. The minimum atomic E-state index is -0.212. The van der Waals surface area contributed by atoms with E-state index in [4.69, 9.17) is 4.74 Å². The van der Waals surface area contributed by atoms with Gasteiger partial charge in [-0.05, 0) is 53.6 Å². The lowest BCUT2D eigenvalue weighted by atomic mass is 10.0. The van der Waals surface area contributed by atoms with E-state index in [9.17, 15) is 4.79 Å². The number of hydrogen-bond donors (Lipinski definition) is 1. The van der Waals surface area contributed by atoms with Crippen LogP contribution < -0.4 is 10.2 Å². The van der Waals surface area contributed by atoms with Gasteiger partial charge in [0.15, 0.2) is 0 Å². The number of hydrogen-bond acceptors (Lipinski definition) is 4. The Kier molecular flexibility index (Phi) is 4.58. The van der Waals surface area contributed by atoms with Gasteiger partial charge < -0.3 is 4.74 Å². The van der Waals surface area contributed by atoms with Crippen LogP contribution in [0.4, 0.5) is 0 Å². The topological polar surface area (TPSA) is 54.5 Å². The Hall–Kier alpha value is -3.60. The molecule has 1 aliphatic rings. The lowest BCUT2D eigenvalue weighted by Gasteiger charge is -2.25. The van der Waals surface area contributed by atoms with Crippen LogP contribution in [0.2, 0.25) is 0 Å². The zero-order valence-electron chi connectivity index (χ0n) is 14.9. The molecule has 0 bridgehead atoms. The maximum absolute atomic E-state index is 13.1. The van der Waals surface area contributed by atoms with Crippen LogP contribution in [0.15, 0.2) is 85.2 Å². The summed E-state index contributed by atoms with van der Waals surface area (Å²) in [5.74, 6) is 0.664. The van der Waals surface area contributed by atoms with Crippen LogP contribution in [0, 0.1) is 0 Å². The monoisotopic (exact) mass is 357 g/mol. The van der Waals surface area contributed by atoms with E-state index in [1.165, 1.54) is 0 Å². The minimum absolute atomic E-state index is 0.128. The second-order valence-corrected chi connectivity index (χ2v) is 6.19. The highest BCUT2D eigenvalue weighted by Crippen LogP contribution is 2.32. The van der Waals surface area contributed by atoms with Crippen molar-refractivity contribution in [2.75, 3.05) is 7.11 Å². The van der Waals surface area contributed by atoms with Crippen LogP contribution in [0.1, 0.15) is 27.5 Å². The first-order chi connectivity index (χ1) is 13.3. The Morgan fingerprint density at radius 1 is 1.04 bits per heavy atom. The van der Waals surface area contributed by atoms with Crippen molar-refractivity contribution in [3.05, 3.63) is 102 Å². The second-order valence-electron chi connectivity index (χ2n) is 6.19. The maximum Gasteiger partial charge on any atom is 0.274 e. The average Bonchev–Trinajstić information content (AvgIpc) is 3.20. The smallest absolute Gasteiger partial charge is 0.274 e. The molecule has 1 aliphatic heterocycles. The van der Waals surface area contributed by atoms with Gasteiger partial charge in [-0.25, -0.2) is 5.01 Å². The van der Waals surface area contributed by atoms with E-state index in [2.05, 4.69) is 16.5 Å². The summed E-state index contributed by atoms with van der Waals surface area (Å²) in [5, 5.41) is 1.64. The molecule has 134 valence electrons. The normalized spacial score (nSPS) is 15.8. The summed E-state index contributed by atoms with van der Waals surface area (Å²) in [6.45, 7) is 0. The molecule has 2 aromatic carbocycles. The molecule has 0 saturated carbocycles. The predicted octanol–water partition coefficient (Wildman–Crippen LogP) is 3.83. The second kappa shape index (κ2) is 7.33. The van der Waals surface area contributed by atoms with Gasteiger partial charge in [0.05, 0.1) is 24.4 Å². The molecule has 0 fully saturated rings. The van der Waals surface area contributed by atoms with Crippen LogP contribution in [0.25, 0.3) is 5.70 Å². The van der Waals surface area contributed by atoms with E-state index in [1.54, 1.807) is 36.6 Å². The molecule has 0 unspecified atom stereocenters. The molecule has 3 aromatic rings. The number of rotatable bonds is 4. The number of hydrazine groups is 1. The molecule has 4 rings (SSSR count). The zero-order chi connectivity index (χ0) is 18.6. The molecule has 1 amide bonds. The van der Waals surface area contributed by atoms with Gasteiger partial charge in [0.25, 0.3) is 5.91 Å². The third-order valence-electron chi connectivity index (χ3n) is 4.51. The molecule has 0 saturated heterocycles. The Labute approximate surface area is 157 Å². The summed E-state index contributed by atoms with van der Waals surface area (Å²) in [6, 6.07) is 21.0. The van der Waals surface area contributed by atoms with Crippen molar-refractivity contribution in [3.8, 4) is 5.75 Å². The first-order valence-corrected chi connectivity index (χ1v) is 8.68. The van der Waals surface area contributed by atoms with Crippen molar-refractivity contribution in [1.29, 1.82) is 0 Å². The Morgan fingerprint density at radius 3 is 2.48 bits per heavy atom. The van der Waals surface area contributed by atoms with Gasteiger partial charge in [0.2, 0.25) is 0 Å². The number of aromatic nitrogens is 1. The van der Waals surface area contributed by atoms with E-state index >= 15 is 0 Å². The lowest BCUT2D eigenvalue weighted by Crippen LogP contribution is -2.39. The van der Waals surface area contributed by atoms with Crippen molar-refractivity contribution >= 4 is 11.6 Å². The number of carbonyl (C=O) groups excluding carboxylic acids is 1. The van der Waals surface area contributed by atoms with Gasteiger partial charge in [-0.3, -0.25) is 15.2 Å². The molecule has 27 heavy (non-hydrogen) atoms. The summed E-state index contributed by atoms with van der Waals surface area (Å²) >= 11 is 0. The highest BCUT2D eigenvalue weighted by Gasteiger charge is 2.31. The molecule has 1 aromatic heterocycles. The summed E-state index contributed by atoms with van der Waals surface area (Å²) in [5.41, 5.74) is 6.70. The molecule has 1 atom stereocenters. The minimum Gasteiger partial charge on any atom is -0.497 e. The van der Waals surface area contributed by atoms with Crippen LogP contribution in [-0.4, -0.2) is 23.0 Å². The van der Waals surface area contributed by atoms with Crippen molar-refractivity contribution in [3.63, 3.8) is 0 Å². The number of ether oxygens (including phenoxy) is 1. The fourth-order valence-electron chi connectivity index (χ4n) is 3.10. The SMILES string of the molecule is COc1ccc(C2=C[C@@H](c3ccccc3)N(C(=O)c3cccnc3)N2)cc1. The summed E-state index contributed by atoms with van der Waals surface area (Å²) in [7, 11) is 1.64. The van der Waals surface area contributed by atoms with Crippen molar-refractivity contribution < 1.29 is 9.53 Å². The van der Waals surface area contributed by atoms with Crippen LogP contribution >= 0.6 is 0 Å². The van der Waals surface area contributed by atoms with Crippen molar-refractivity contribution in [2.45, 2.75) is 6.04 Å². The zero-order valence-corrected chi connectivity index (χ0v) is 14.9. The number of nitrogens with one attached hydrogen (secondary N) is 1. The lowest BCUT2D eigenvalue weighted by molar-refractivity contribution is 0.0672. The summed E-state index contributed by atoms with van der Waals surface area (Å²) in [6.07, 6.45) is 5.30. The largest absolute Gasteiger partial charge is 0.497 e. The quantitative estimate of drug-likeness (QED) is 0.771. The first kappa shape index (κ1) is 16.8. The summed E-state index contributed by atoms with van der Waals surface area (Å²) < 4.78 is 5.23. The van der Waals surface area contributed by atoms with Crippen molar-refractivity contribution in [2.24, 2.45) is 0 Å². The van der Waals surface area contributed by atoms with Crippen LogP contribution in [-0.2, 0) is 0 Å². The van der Waals surface area contributed by atoms with E-state index < -0.39 is 0 Å². The van der Waals surface area contributed by atoms with E-state index in [1.807, 2.05) is 54.6 Å². The first-order valence-electron chi connectivity index (χ1n) is 8.68. The van der Waals surface area contributed by atoms with Crippen LogP contribution in [0.5, 0.6) is 5.75 Å². The number of carbonyl (C=O) groups is 1. The molecule has 0 radical (unpaired) electrons. The standard InChI is InChI=1S/C22H19N3O2/c1-27-19-11-9-16(10-12-19)20-14-21(17-6-3-2-4-7-17)25(24-20)22(26)18-8-5-13-23-15-18/h2-15,21,24H,1H3/t21-/m0/s1. The Balaban J connectivity index is 1.69. The molecular formula is C22H19N3O2. The molecular weight excluding hydrogens is 338 g/mol. The maximum atomic E-state index is 13.1. The molecule has 0 aliphatic carbocycles. The molecule has 5 heteroatoms. The number of methoxy groups -OCH3 is 1. The summed E-state index contributed by atoms with van der Waals surface area (Å²) in [4.78, 5) is 17.1. The highest BCUT2D eigenvalue weighted by molar-refractivity contribution is 5.95. The van der Waals surface area contributed by atoms with E-state index in [-0.39, 0.29) is 11.9 Å². The molecule has 2 heterocycles. The third kappa shape index (κ3) is 3.40. The van der Waals surface area contributed by atoms with Gasteiger partial charge in [0.1, 0.15) is 5.75 Å². The molecule has 0 spiro atoms. The van der Waals surface area contributed by atoms with Crippen LogP contribution in [0.3, 0.4) is 0 Å². The number of benzene rings is 2. The van der Waals surface area contributed by atoms with E-state index in [0.29, 0.717) is 5.56 Å². The molecule has 5 nitrogen and oxygen atoms in total. The predicted molar refractivity (Wildman–Crippen MR) is 104 cm³/mol. The Morgan fingerprint density at radius 2 is 1.81 bits per heavy atom. The van der Waals surface area contributed by atoms with Crippen molar-refractivity contribution in [1.82, 2.24) is 15.4 Å². The number of pyridine rings is 1. The van der Waals surface area contributed by atoms with Gasteiger partial charge in [-0.2, -0.15) is 0 Å². The highest BCUT2D eigenvalue weighted by atomic mass is 16.5. The fourth-order valence-corrected chi connectivity index (χ4v) is 3.10. The van der Waals surface area contributed by atoms with Gasteiger partial charge in [-0.15, -0.1) is 0 Å². The average molecular weight is 357 g/mol. The number of amides is 1. The van der Waals surface area contributed by atoms with E-state index in [0.717, 1.165) is 22.6 Å². The third-order valence-corrected chi connectivity index (χ3v) is 4.51. The van der Waals surface area contributed by atoms with Gasteiger partial charge >= 0.3 is 0 Å². The Bertz CT molecular complexity index is 954. The fraction of sp³-hybridized carbons (Fsp3) is 0.0909.